The average molecular weight is 481 g/mol. The highest BCUT2D eigenvalue weighted by atomic mass is 19.1. The van der Waals surface area contributed by atoms with Gasteiger partial charge in [-0.1, -0.05) is 48.0 Å². The molecule has 1 saturated heterocycles. The fourth-order valence-corrected chi connectivity index (χ4v) is 5.91. The second-order valence-corrected chi connectivity index (χ2v) is 10.3. The number of alkyl halides is 1. The zero-order valence-electron chi connectivity index (χ0n) is 20.9. The second-order valence-electron chi connectivity index (χ2n) is 10.3. The molecule has 36 heavy (non-hydrogen) atoms. The summed E-state index contributed by atoms with van der Waals surface area (Å²) in [5.41, 5.74) is 10.5. The molecule has 1 N–H and O–H groups in total. The average Bonchev–Trinajstić information content (AvgIpc) is 3.20. The molecule has 1 fully saturated rings. The number of nitrogens with zero attached hydrogens (tertiary/aromatic N) is 1. The Hall–Kier alpha value is -3.37. The monoisotopic (exact) mass is 480 g/mol. The van der Waals surface area contributed by atoms with Crippen molar-refractivity contribution in [3.05, 3.63) is 106 Å². The van der Waals surface area contributed by atoms with Gasteiger partial charge in [-0.3, -0.25) is 9.29 Å². The Bertz CT molecular complexity index is 1400. The Morgan fingerprint density at radius 2 is 1.83 bits per heavy atom. The summed E-state index contributed by atoms with van der Waals surface area (Å²) in [6.45, 7) is 2.35. The van der Waals surface area contributed by atoms with Crippen molar-refractivity contribution in [3.63, 3.8) is 0 Å². The number of ether oxygens (including phenoxy) is 1. The fraction of sp³-hybridized carbons (Fsp3) is 0.312. The van der Waals surface area contributed by atoms with Gasteiger partial charge in [-0.2, -0.15) is 0 Å². The minimum Gasteiger partial charge on any atom is -0.497 e. The Morgan fingerprint density at radius 1 is 0.972 bits per heavy atom. The molecular weight excluding hydrogens is 447 g/mol. The number of rotatable bonds is 7. The summed E-state index contributed by atoms with van der Waals surface area (Å²) in [5.74, 6) is 1.14. The van der Waals surface area contributed by atoms with E-state index >= 15 is 0 Å². The predicted octanol–water partition coefficient (Wildman–Crippen LogP) is 6.96. The summed E-state index contributed by atoms with van der Waals surface area (Å²) in [6, 6.07) is 26.5. The fourth-order valence-electron chi connectivity index (χ4n) is 5.91. The van der Waals surface area contributed by atoms with Crippen molar-refractivity contribution in [2.75, 3.05) is 26.9 Å². The predicted molar refractivity (Wildman–Crippen MR) is 145 cm³/mol. The van der Waals surface area contributed by atoms with Crippen molar-refractivity contribution in [2.24, 2.45) is 5.92 Å². The molecule has 3 aromatic carbocycles. The van der Waals surface area contributed by atoms with Crippen molar-refractivity contribution in [2.45, 2.75) is 32.2 Å². The van der Waals surface area contributed by atoms with Crippen LogP contribution in [0.25, 0.3) is 16.5 Å². The van der Waals surface area contributed by atoms with Crippen LogP contribution in [-0.4, -0.2) is 36.8 Å². The number of aromatic nitrogens is 1. The van der Waals surface area contributed by atoms with Gasteiger partial charge >= 0.3 is 0 Å². The quantitative estimate of drug-likeness (QED) is 0.310. The molecule has 0 saturated carbocycles. The lowest BCUT2D eigenvalue weighted by atomic mass is 9.88. The zero-order chi connectivity index (χ0) is 24.5. The minimum absolute atomic E-state index is 0.208. The van der Waals surface area contributed by atoms with E-state index in [1.165, 1.54) is 44.5 Å². The molecule has 184 valence electrons. The van der Waals surface area contributed by atoms with Gasteiger partial charge in [-0.25, -0.2) is 0 Å². The van der Waals surface area contributed by atoms with Crippen LogP contribution in [0.2, 0.25) is 0 Å². The van der Waals surface area contributed by atoms with Gasteiger partial charge in [0.15, 0.2) is 0 Å². The number of aromatic amines is 1. The van der Waals surface area contributed by atoms with Crippen LogP contribution in [0.3, 0.4) is 0 Å². The highest BCUT2D eigenvalue weighted by molar-refractivity contribution is 5.90. The molecule has 1 aliphatic heterocycles. The van der Waals surface area contributed by atoms with Crippen molar-refractivity contribution in [1.29, 1.82) is 0 Å². The molecule has 1 aliphatic carbocycles. The Kier molecular flexibility index (Phi) is 6.37. The molecule has 2 heterocycles. The van der Waals surface area contributed by atoms with Gasteiger partial charge in [0.05, 0.1) is 13.8 Å². The lowest BCUT2D eigenvalue weighted by Crippen LogP contribution is -2.46. The SMILES string of the molecule is COc1ccc2c(c1)CCCC(Cc1ccccc1)=C2c1ccc2[nH]c(CN3CC(CF)C3)cc2c1. The summed E-state index contributed by atoms with van der Waals surface area (Å²) in [4.78, 5) is 5.90. The number of fused-ring (bicyclic) bond motifs is 2. The number of halogens is 1. The van der Waals surface area contributed by atoms with E-state index in [4.69, 9.17) is 4.74 Å². The van der Waals surface area contributed by atoms with Gasteiger partial charge in [0.25, 0.3) is 0 Å². The topological polar surface area (TPSA) is 28.3 Å². The van der Waals surface area contributed by atoms with Gasteiger partial charge in [0.2, 0.25) is 0 Å². The molecule has 4 aromatic rings. The number of allylic oxidation sites excluding steroid dienone is 1. The van der Waals surface area contributed by atoms with Crippen LogP contribution in [0.1, 0.15) is 40.8 Å². The second kappa shape index (κ2) is 9.94. The number of aryl methyl sites for hydroxylation is 1. The number of methoxy groups -OCH3 is 1. The first-order valence-corrected chi connectivity index (χ1v) is 13.0. The normalized spacial score (nSPS) is 16.6. The largest absolute Gasteiger partial charge is 0.497 e. The zero-order valence-corrected chi connectivity index (χ0v) is 20.9. The number of hydrogen-bond donors (Lipinski definition) is 1. The van der Waals surface area contributed by atoms with Crippen molar-refractivity contribution in [3.8, 4) is 5.75 Å². The van der Waals surface area contributed by atoms with Gasteiger partial charge < -0.3 is 9.72 Å². The smallest absolute Gasteiger partial charge is 0.119 e. The van der Waals surface area contributed by atoms with Crippen LogP contribution in [0.4, 0.5) is 4.39 Å². The molecule has 0 unspecified atom stereocenters. The van der Waals surface area contributed by atoms with Crippen molar-refractivity contribution in [1.82, 2.24) is 9.88 Å². The van der Waals surface area contributed by atoms with Crippen LogP contribution < -0.4 is 4.74 Å². The Morgan fingerprint density at radius 3 is 2.64 bits per heavy atom. The third-order valence-electron chi connectivity index (χ3n) is 7.73. The highest BCUT2D eigenvalue weighted by Gasteiger charge is 2.26. The first-order chi connectivity index (χ1) is 17.7. The van der Waals surface area contributed by atoms with Crippen LogP contribution in [0.5, 0.6) is 5.75 Å². The van der Waals surface area contributed by atoms with E-state index in [2.05, 4.69) is 82.7 Å². The van der Waals surface area contributed by atoms with Gasteiger partial charge in [0, 0.05) is 42.1 Å². The molecular formula is C32H33FN2O. The van der Waals surface area contributed by atoms with Crippen LogP contribution in [-0.2, 0) is 19.4 Å². The standard InChI is InChI=1S/C32H33FN2O/c1-36-29-11-12-30-24(17-29)8-5-9-25(14-22-6-3-2-4-7-22)32(30)26-10-13-31-27(15-26)16-28(34-31)21-35-19-23(18-33)20-35/h2-4,6-7,10-13,15-17,23,34H,5,8-9,14,18-21H2,1H3. The van der Waals surface area contributed by atoms with Crippen LogP contribution >= 0.6 is 0 Å². The van der Waals surface area contributed by atoms with Crippen LogP contribution in [0.15, 0.2) is 78.4 Å². The third kappa shape index (κ3) is 4.58. The van der Waals surface area contributed by atoms with Gasteiger partial charge in [-0.15, -0.1) is 0 Å². The molecule has 3 nitrogen and oxygen atoms in total. The summed E-state index contributed by atoms with van der Waals surface area (Å²) >= 11 is 0. The molecule has 0 atom stereocenters. The Balaban J connectivity index is 1.40. The van der Waals surface area contributed by atoms with Crippen molar-refractivity contribution >= 4 is 16.5 Å². The van der Waals surface area contributed by atoms with E-state index < -0.39 is 0 Å². The van der Waals surface area contributed by atoms with Crippen molar-refractivity contribution < 1.29 is 9.13 Å². The molecule has 0 radical (unpaired) electrons. The van der Waals surface area contributed by atoms with E-state index in [0.29, 0.717) is 0 Å². The number of H-pyrrole nitrogens is 1. The lowest BCUT2D eigenvalue weighted by molar-refractivity contribution is 0.0728. The molecule has 4 heteroatoms. The first kappa shape index (κ1) is 23.1. The maximum absolute atomic E-state index is 12.8. The number of likely N-dealkylation sites (tertiary alicyclic amines) is 1. The van der Waals surface area contributed by atoms with Gasteiger partial charge in [0.1, 0.15) is 5.75 Å². The maximum Gasteiger partial charge on any atom is 0.119 e. The van der Waals surface area contributed by atoms with E-state index in [1.54, 1.807) is 7.11 Å². The highest BCUT2D eigenvalue weighted by Crippen LogP contribution is 2.39. The molecule has 1 aromatic heterocycles. The molecule has 0 amide bonds. The number of hydrogen-bond acceptors (Lipinski definition) is 2. The third-order valence-corrected chi connectivity index (χ3v) is 7.73. The van der Waals surface area contributed by atoms with E-state index in [9.17, 15) is 4.39 Å². The maximum atomic E-state index is 12.8. The summed E-state index contributed by atoms with van der Waals surface area (Å²) in [5, 5.41) is 1.23. The Labute approximate surface area is 212 Å². The summed E-state index contributed by atoms with van der Waals surface area (Å²) in [6.07, 6.45) is 4.24. The molecule has 2 aliphatic rings. The van der Waals surface area contributed by atoms with E-state index in [1.807, 2.05) is 0 Å². The van der Waals surface area contributed by atoms with E-state index in [0.717, 1.165) is 56.6 Å². The van der Waals surface area contributed by atoms with E-state index in [-0.39, 0.29) is 12.6 Å². The number of benzene rings is 3. The molecule has 0 spiro atoms. The van der Waals surface area contributed by atoms with Crippen LogP contribution in [0, 0.1) is 5.92 Å². The summed E-state index contributed by atoms with van der Waals surface area (Å²) in [7, 11) is 1.74. The summed E-state index contributed by atoms with van der Waals surface area (Å²) < 4.78 is 18.4. The van der Waals surface area contributed by atoms with Gasteiger partial charge in [-0.05, 0) is 83.8 Å². The lowest BCUT2D eigenvalue weighted by Gasteiger charge is -2.37. The minimum atomic E-state index is -0.208. The molecule has 6 rings (SSSR count). The molecule has 0 bridgehead atoms. The first-order valence-electron chi connectivity index (χ1n) is 13.0. The number of nitrogens with one attached hydrogen (secondary N) is 1.